The van der Waals surface area contributed by atoms with Gasteiger partial charge in [0.15, 0.2) is 5.78 Å². The van der Waals surface area contributed by atoms with E-state index in [2.05, 4.69) is 0 Å². The van der Waals surface area contributed by atoms with Gasteiger partial charge in [0, 0.05) is 9.80 Å². The molecule has 168 valence electrons. The van der Waals surface area contributed by atoms with E-state index in [0.717, 1.165) is 21.6 Å². The minimum Gasteiger partial charge on any atom is -0.496 e. The number of ether oxygens (including phenoxy) is 2. The molecule has 2 aromatic rings. The van der Waals surface area contributed by atoms with Crippen LogP contribution in [0.1, 0.15) is 49.2 Å². The third-order valence-electron chi connectivity index (χ3n) is 6.27. The lowest BCUT2D eigenvalue weighted by atomic mass is 9.66. The summed E-state index contributed by atoms with van der Waals surface area (Å²) in [6, 6.07) is 10.7. The van der Waals surface area contributed by atoms with Crippen LogP contribution in [-0.2, 0) is 10.2 Å². The van der Waals surface area contributed by atoms with E-state index in [1.807, 2.05) is 52.8 Å². The molecule has 0 amide bonds. The summed E-state index contributed by atoms with van der Waals surface area (Å²) < 4.78 is 11.4. The van der Waals surface area contributed by atoms with Crippen LogP contribution in [0, 0.1) is 6.92 Å². The van der Waals surface area contributed by atoms with E-state index in [0.29, 0.717) is 27.5 Å². The van der Waals surface area contributed by atoms with Gasteiger partial charge in [-0.1, -0.05) is 23.9 Å². The third kappa shape index (κ3) is 3.73. The number of carbonyl (C=O) groups excluding carboxylic acids is 1. The number of allylic oxidation sites excluding steroid dienone is 3. The topological polar surface area (TPSA) is 72.8 Å². The van der Waals surface area contributed by atoms with E-state index in [1.54, 1.807) is 32.4 Å². The Labute approximate surface area is 193 Å². The van der Waals surface area contributed by atoms with Crippen molar-refractivity contribution in [2.45, 2.75) is 44.9 Å². The second-order valence-electron chi connectivity index (χ2n) is 8.11. The van der Waals surface area contributed by atoms with Crippen LogP contribution in [0.25, 0.3) is 0 Å². The van der Waals surface area contributed by atoms with Gasteiger partial charge in [0.2, 0.25) is 0 Å². The number of thioether (sulfide) groups is 1. The quantitative estimate of drug-likeness (QED) is 0.584. The molecule has 3 rings (SSSR count). The average Bonchev–Trinajstić information content (AvgIpc) is 2.78. The summed E-state index contributed by atoms with van der Waals surface area (Å²) in [7, 11) is 3.17. The van der Waals surface area contributed by atoms with Crippen molar-refractivity contribution < 1.29 is 24.2 Å². The number of Topliss-reactive ketones (excluding diaryl/α,β-unsaturated/α-hetero) is 1. The van der Waals surface area contributed by atoms with Crippen molar-refractivity contribution in [2.75, 3.05) is 14.2 Å². The predicted molar refractivity (Wildman–Crippen MR) is 127 cm³/mol. The summed E-state index contributed by atoms with van der Waals surface area (Å²) >= 11 is 1.38. The number of benzene rings is 2. The number of hydrogen-bond acceptors (Lipinski definition) is 5. The Balaban J connectivity index is 2.31. The highest BCUT2D eigenvalue weighted by molar-refractivity contribution is 8.03. The average molecular weight is 453 g/mol. The summed E-state index contributed by atoms with van der Waals surface area (Å²) in [4.78, 5) is 27.0. The first-order chi connectivity index (χ1) is 15.1. The summed E-state index contributed by atoms with van der Waals surface area (Å²) in [6.07, 6.45) is 0. The van der Waals surface area contributed by atoms with E-state index in [1.165, 1.54) is 11.8 Å². The van der Waals surface area contributed by atoms with E-state index >= 15 is 0 Å². The second kappa shape index (κ2) is 8.87. The first-order valence-electron chi connectivity index (χ1n) is 10.2. The van der Waals surface area contributed by atoms with Gasteiger partial charge in [-0.3, -0.25) is 4.79 Å². The van der Waals surface area contributed by atoms with Crippen LogP contribution in [0.2, 0.25) is 0 Å². The number of carbonyl (C=O) groups is 2. The lowest BCUT2D eigenvalue weighted by Crippen LogP contribution is -2.39. The maximum atomic E-state index is 13.8. The van der Waals surface area contributed by atoms with Crippen molar-refractivity contribution in [3.05, 3.63) is 74.7 Å². The summed E-state index contributed by atoms with van der Waals surface area (Å²) in [6.45, 7) is 9.49. The van der Waals surface area contributed by atoms with Crippen molar-refractivity contribution in [3.63, 3.8) is 0 Å². The Hall–Kier alpha value is -2.99. The zero-order valence-corrected chi connectivity index (χ0v) is 20.3. The molecule has 2 aromatic carbocycles. The molecule has 0 aromatic heterocycles. The molecule has 1 atom stereocenters. The molecule has 0 saturated carbocycles. The largest absolute Gasteiger partial charge is 0.496 e. The van der Waals surface area contributed by atoms with Crippen LogP contribution < -0.4 is 9.47 Å². The molecule has 1 aliphatic carbocycles. The maximum absolute atomic E-state index is 13.8. The van der Waals surface area contributed by atoms with Gasteiger partial charge in [-0.2, -0.15) is 0 Å². The smallest absolute Gasteiger partial charge is 0.336 e. The van der Waals surface area contributed by atoms with Crippen molar-refractivity contribution >= 4 is 23.5 Å². The highest BCUT2D eigenvalue weighted by Crippen LogP contribution is 2.52. The van der Waals surface area contributed by atoms with Crippen LogP contribution in [0.4, 0.5) is 0 Å². The summed E-state index contributed by atoms with van der Waals surface area (Å²) in [5.41, 5.74) is 3.15. The van der Waals surface area contributed by atoms with Crippen LogP contribution in [0.5, 0.6) is 11.5 Å². The fourth-order valence-electron chi connectivity index (χ4n) is 4.23. The monoisotopic (exact) mass is 452 g/mol. The predicted octanol–water partition coefficient (Wildman–Crippen LogP) is 5.95. The van der Waals surface area contributed by atoms with E-state index < -0.39 is 11.4 Å². The van der Waals surface area contributed by atoms with Crippen LogP contribution in [-0.4, -0.2) is 31.1 Å². The molecule has 0 fully saturated rings. The van der Waals surface area contributed by atoms with E-state index in [-0.39, 0.29) is 11.3 Å². The summed E-state index contributed by atoms with van der Waals surface area (Å²) in [5, 5.41) is 9.64. The van der Waals surface area contributed by atoms with Gasteiger partial charge < -0.3 is 14.6 Å². The van der Waals surface area contributed by atoms with E-state index in [4.69, 9.17) is 9.47 Å². The number of carboxylic acids is 1. The Bertz CT molecular complexity index is 1150. The van der Waals surface area contributed by atoms with Gasteiger partial charge in [-0.05, 0) is 81.2 Å². The standard InChI is InChI=1S/C26H28O5S/c1-14-12-19(30-6)22(20(13-14)31-7)26(5)17(4)23(15(2)16(3)24(26)27)32-21-11-9-8-10-18(21)25(28)29/h8-13H,1-7H3,(H,28,29). The Kier molecular flexibility index (Phi) is 6.56. The Morgan fingerprint density at radius 2 is 1.53 bits per heavy atom. The minimum absolute atomic E-state index is 0.0242. The normalized spacial score (nSPS) is 18.8. The van der Waals surface area contributed by atoms with Gasteiger partial charge in [-0.15, -0.1) is 0 Å². The molecular formula is C26H28O5S. The number of aromatic carboxylic acids is 1. The fraction of sp³-hybridized carbons (Fsp3) is 0.308. The van der Waals surface area contributed by atoms with Crippen molar-refractivity contribution in [2.24, 2.45) is 0 Å². The second-order valence-corrected chi connectivity index (χ2v) is 9.16. The molecule has 0 heterocycles. The van der Waals surface area contributed by atoms with E-state index in [9.17, 15) is 14.7 Å². The zero-order valence-electron chi connectivity index (χ0n) is 19.5. The van der Waals surface area contributed by atoms with Crippen molar-refractivity contribution in [3.8, 4) is 11.5 Å². The van der Waals surface area contributed by atoms with Crippen LogP contribution in [0.15, 0.2) is 62.9 Å². The fourth-order valence-corrected chi connectivity index (χ4v) is 5.52. The molecule has 0 spiro atoms. The Morgan fingerprint density at radius 3 is 2.06 bits per heavy atom. The number of carboxylic acid groups (broad SMARTS) is 1. The number of ketones is 1. The number of methoxy groups -OCH3 is 2. The molecule has 1 N–H and O–H groups in total. The van der Waals surface area contributed by atoms with Gasteiger partial charge in [-0.25, -0.2) is 4.79 Å². The number of aryl methyl sites for hydroxylation is 1. The van der Waals surface area contributed by atoms with Crippen LogP contribution in [0.3, 0.4) is 0 Å². The van der Waals surface area contributed by atoms with Gasteiger partial charge in [0.05, 0.1) is 30.8 Å². The zero-order chi connectivity index (χ0) is 23.8. The molecule has 1 unspecified atom stereocenters. The minimum atomic E-state index is -1.03. The molecule has 32 heavy (non-hydrogen) atoms. The number of rotatable bonds is 6. The lowest BCUT2D eigenvalue weighted by Gasteiger charge is -2.38. The molecule has 1 aliphatic rings. The maximum Gasteiger partial charge on any atom is 0.336 e. The van der Waals surface area contributed by atoms with Crippen molar-refractivity contribution in [1.82, 2.24) is 0 Å². The molecule has 0 bridgehead atoms. The van der Waals surface area contributed by atoms with Gasteiger partial charge in [0.25, 0.3) is 0 Å². The molecule has 0 saturated heterocycles. The van der Waals surface area contributed by atoms with Gasteiger partial charge in [0.1, 0.15) is 11.5 Å². The third-order valence-corrected chi connectivity index (χ3v) is 7.66. The number of hydrogen-bond donors (Lipinski definition) is 1. The highest BCUT2D eigenvalue weighted by atomic mass is 32.2. The summed E-state index contributed by atoms with van der Waals surface area (Å²) in [5.74, 6) is 0.157. The SMILES string of the molecule is COc1cc(C)cc(OC)c1C1(C)C(=O)C(C)=C(C)C(Sc2ccccc2C(=O)O)=C1C. The molecular weight excluding hydrogens is 424 g/mol. The molecule has 0 aliphatic heterocycles. The highest BCUT2D eigenvalue weighted by Gasteiger charge is 2.46. The first-order valence-corrected chi connectivity index (χ1v) is 11.1. The molecule has 0 radical (unpaired) electrons. The lowest BCUT2D eigenvalue weighted by molar-refractivity contribution is -0.119. The van der Waals surface area contributed by atoms with Crippen LogP contribution >= 0.6 is 11.8 Å². The van der Waals surface area contributed by atoms with Gasteiger partial charge >= 0.3 is 5.97 Å². The first kappa shape index (κ1) is 23.7. The molecule has 6 heteroatoms. The van der Waals surface area contributed by atoms with Crippen molar-refractivity contribution in [1.29, 1.82) is 0 Å². The Morgan fingerprint density at radius 1 is 0.969 bits per heavy atom. The molecule has 5 nitrogen and oxygen atoms in total.